The van der Waals surface area contributed by atoms with Gasteiger partial charge in [-0.25, -0.2) is 4.98 Å². The van der Waals surface area contributed by atoms with Gasteiger partial charge in [-0.05, 0) is 38.6 Å². The van der Waals surface area contributed by atoms with E-state index in [-0.39, 0.29) is 0 Å². The summed E-state index contributed by atoms with van der Waals surface area (Å²) in [4.78, 5) is 8.11. The Labute approximate surface area is 124 Å². The van der Waals surface area contributed by atoms with Crippen molar-refractivity contribution in [3.05, 3.63) is 15.5 Å². The van der Waals surface area contributed by atoms with Crippen molar-refractivity contribution in [3.8, 4) is 0 Å². The first-order chi connectivity index (χ1) is 9.24. The monoisotopic (exact) mass is 299 g/mol. The van der Waals surface area contributed by atoms with E-state index in [1.165, 1.54) is 43.5 Å². The second kappa shape index (κ2) is 6.08. The summed E-state index contributed by atoms with van der Waals surface area (Å²) in [5, 5.41) is 3.73. The van der Waals surface area contributed by atoms with E-state index in [1.54, 1.807) is 11.3 Å². The smallest absolute Gasteiger partial charge is 0.183 e. The second-order valence-corrected chi connectivity index (χ2v) is 7.51. The number of thiazole rings is 1. The normalized spacial score (nSPS) is 30.2. The third-order valence-corrected chi connectivity index (χ3v) is 5.46. The third-order valence-electron chi connectivity index (χ3n) is 4.36. The maximum atomic E-state index is 5.94. The average molecular weight is 300 g/mol. The zero-order chi connectivity index (χ0) is 13.2. The molecule has 0 spiro atoms. The van der Waals surface area contributed by atoms with Crippen LogP contribution in [0.1, 0.15) is 43.9 Å². The van der Waals surface area contributed by atoms with Crippen molar-refractivity contribution in [3.63, 3.8) is 0 Å². The van der Waals surface area contributed by atoms with Gasteiger partial charge in [0, 0.05) is 35.7 Å². The summed E-state index contributed by atoms with van der Waals surface area (Å²) in [5.41, 5.74) is 0. The number of fused-ring (bicyclic) bond motifs is 2. The number of halogens is 1. The quantitative estimate of drug-likeness (QED) is 0.904. The summed E-state index contributed by atoms with van der Waals surface area (Å²) in [6.07, 6.45) is 8.50. The number of aromatic nitrogens is 1. The molecule has 2 aliphatic rings. The van der Waals surface area contributed by atoms with Gasteiger partial charge in [-0.15, -0.1) is 11.3 Å². The van der Waals surface area contributed by atoms with Gasteiger partial charge in [0.1, 0.15) is 0 Å². The van der Waals surface area contributed by atoms with E-state index in [0.29, 0.717) is 4.47 Å². The van der Waals surface area contributed by atoms with Crippen molar-refractivity contribution in [2.75, 3.05) is 6.54 Å². The van der Waals surface area contributed by atoms with Gasteiger partial charge in [-0.1, -0.05) is 18.5 Å². The minimum atomic E-state index is 0.664. The van der Waals surface area contributed by atoms with Crippen molar-refractivity contribution in [2.24, 2.45) is 0 Å². The highest BCUT2D eigenvalue weighted by atomic mass is 35.5. The highest BCUT2D eigenvalue weighted by Crippen LogP contribution is 2.31. The molecule has 106 valence electrons. The molecule has 1 aromatic rings. The van der Waals surface area contributed by atoms with E-state index in [0.717, 1.165) is 24.7 Å². The molecular weight excluding hydrogens is 278 g/mol. The highest BCUT2D eigenvalue weighted by molar-refractivity contribution is 7.15. The maximum Gasteiger partial charge on any atom is 0.183 e. The number of nitrogens with one attached hydrogen (secondary N) is 1. The minimum absolute atomic E-state index is 0.664. The van der Waals surface area contributed by atoms with Gasteiger partial charge in [-0.3, -0.25) is 4.90 Å². The average Bonchev–Trinajstić information content (AvgIpc) is 2.95. The lowest BCUT2D eigenvalue weighted by atomic mass is 9.98. The van der Waals surface area contributed by atoms with Crippen LogP contribution in [0.15, 0.2) is 6.20 Å². The van der Waals surface area contributed by atoms with Crippen LogP contribution in [0.3, 0.4) is 0 Å². The standard InChI is InChI=1S/C14H22ClN3S/c1-2-5-18(9-13-8-16-14(15)19-13)12-6-10-3-4-11(7-12)17-10/h8,10-12,17H,2-7,9H2,1H3. The minimum Gasteiger partial charge on any atom is -0.311 e. The molecule has 0 radical (unpaired) electrons. The number of piperidine rings is 1. The van der Waals surface area contributed by atoms with Crippen molar-refractivity contribution in [1.29, 1.82) is 0 Å². The van der Waals surface area contributed by atoms with Gasteiger partial charge in [0.25, 0.3) is 0 Å². The summed E-state index contributed by atoms with van der Waals surface area (Å²) in [6, 6.07) is 2.25. The van der Waals surface area contributed by atoms with Crippen molar-refractivity contribution in [2.45, 2.75) is 63.7 Å². The Kier molecular flexibility index (Phi) is 4.42. The van der Waals surface area contributed by atoms with E-state index < -0.39 is 0 Å². The van der Waals surface area contributed by atoms with E-state index in [1.807, 2.05) is 6.20 Å². The number of rotatable bonds is 5. The SMILES string of the molecule is CCCN(Cc1cnc(Cl)s1)C1CC2CCC(C1)N2. The second-order valence-electron chi connectivity index (χ2n) is 5.81. The van der Waals surface area contributed by atoms with Crippen molar-refractivity contribution < 1.29 is 0 Å². The molecule has 0 aromatic carbocycles. The predicted molar refractivity (Wildman–Crippen MR) is 80.8 cm³/mol. The summed E-state index contributed by atoms with van der Waals surface area (Å²) in [7, 11) is 0. The molecule has 2 atom stereocenters. The molecule has 2 unspecified atom stereocenters. The molecule has 2 bridgehead atoms. The summed E-state index contributed by atoms with van der Waals surface area (Å²) in [5.74, 6) is 0. The Bertz CT molecular complexity index is 411. The molecule has 2 aliphatic heterocycles. The fourth-order valence-corrected chi connectivity index (χ4v) is 4.56. The fraction of sp³-hybridized carbons (Fsp3) is 0.786. The lowest BCUT2D eigenvalue weighted by Gasteiger charge is -2.37. The summed E-state index contributed by atoms with van der Waals surface area (Å²) >= 11 is 7.56. The highest BCUT2D eigenvalue weighted by Gasteiger charge is 2.35. The molecule has 3 heterocycles. The maximum absolute atomic E-state index is 5.94. The molecule has 19 heavy (non-hydrogen) atoms. The Hall–Kier alpha value is -0.160. The summed E-state index contributed by atoms with van der Waals surface area (Å²) in [6.45, 7) is 4.46. The molecule has 0 amide bonds. The van der Waals surface area contributed by atoms with Gasteiger partial charge in [0.15, 0.2) is 4.47 Å². The van der Waals surface area contributed by atoms with Crippen LogP contribution in [-0.2, 0) is 6.54 Å². The molecule has 0 saturated carbocycles. The van der Waals surface area contributed by atoms with Crippen LogP contribution < -0.4 is 5.32 Å². The molecule has 3 rings (SSSR count). The molecule has 3 nitrogen and oxygen atoms in total. The van der Waals surface area contributed by atoms with Crippen LogP contribution in [0.4, 0.5) is 0 Å². The van der Waals surface area contributed by atoms with Crippen LogP contribution >= 0.6 is 22.9 Å². The van der Waals surface area contributed by atoms with Gasteiger partial charge < -0.3 is 5.32 Å². The number of hydrogen-bond donors (Lipinski definition) is 1. The van der Waals surface area contributed by atoms with Gasteiger partial charge in [-0.2, -0.15) is 0 Å². The lowest BCUT2D eigenvalue weighted by molar-refractivity contribution is 0.135. The number of hydrogen-bond acceptors (Lipinski definition) is 4. The molecule has 2 fully saturated rings. The molecule has 2 saturated heterocycles. The zero-order valence-corrected chi connectivity index (χ0v) is 13.0. The van der Waals surface area contributed by atoms with Crippen LogP contribution in [0.25, 0.3) is 0 Å². The first kappa shape index (κ1) is 13.8. The first-order valence-electron chi connectivity index (χ1n) is 7.35. The van der Waals surface area contributed by atoms with Crippen molar-refractivity contribution in [1.82, 2.24) is 15.2 Å². The largest absolute Gasteiger partial charge is 0.311 e. The van der Waals surface area contributed by atoms with E-state index in [4.69, 9.17) is 11.6 Å². The van der Waals surface area contributed by atoms with Crippen LogP contribution in [0, 0.1) is 0 Å². The van der Waals surface area contributed by atoms with Crippen LogP contribution in [0.2, 0.25) is 4.47 Å². The number of nitrogens with zero attached hydrogens (tertiary/aromatic N) is 2. The van der Waals surface area contributed by atoms with E-state index >= 15 is 0 Å². The molecule has 1 N–H and O–H groups in total. The topological polar surface area (TPSA) is 28.2 Å². The lowest BCUT2D eigenvalue weighted by Crippen LogP contribution is -2.48. The Balaban J connectivity index is 1.66. The van der Waals surface area contributed by atoms with E-state index in [2.05, 4.69) is 22.1 Å². The van der Waals surface area contributed by atoms with Crippen LogP contribution in [-0.4, -0.2) is 34.6 Å². The molecular formula is C14H22ClN3S. The molecule has 1 aromatic heterocycles. The first-order valence-corrected chi connectivity index (χ1v) is 8.54. The summed E-state index contributed by atoms with van der Waals surface area (Å²) < 4.78 is 0.664. The molecule has 5 heteroatoms. The fourth-order valence-electron chi connectivity index (χ4n) is 3.56. The Morgan fingerprint density at radius 2 is 2.16 bits per heavy atom. The third kappa shape index (κ3) is 3.30. The van der Waals surface area contributed by atoms with Crippen LogP contribution in [0.5, 0.6) is 0 Å². The zero-order valence-electron chi connectivity index (χ0n) is 11.4. The Morgan fingerprint density at radius 1 is 1.42 bits per heavy atom. The van der Waals surface area contributed by atoms with Gasteiger partial charge >= 0.3 is 0 Å². The van der Waals surface area contributed by atoms with Crippen molar-refractivity contribution >= 4 is 22.9 Å². The van der Waals surface area contributed by atoms with E-state index in [9.17, 15) is 0 Å². The van der Waals surface area contributed by atoms with Gasteiger partial charge in [0.2, 0.25) is 0 Å². The predicted octanol–water partition coefficient (Wildman–Crippen LogP) is 3.29. The van der Waals surface area contributed by atoms with Gasteiger partial charge in [0.05, 0.1) is 0 Å². The molecule has 0 aliphatic carbocycles. The Morgan fingerprint density at radius 3 is 2.74 bits per heavy atom.